The Morgan fingerprint density at radius 3 is 2.65 bits per heavy atom. The SMILES string of the molecule is Cc1c(N/N=C(\C#N)C(=N)N)c(Br)cc(Br)c1[N+](=O)[O-]. The quantitative estimate of drug-likeness (QED) is 0.306. The number of anilines is 1. The number of benzene rings is 1. The van der Waals surface area contributed by atoms with E-state index in [4.69, 9.17) is 16.4 Å². The number of rotatable bonds is 4. The number of nitriles is 1. The van der Waals surface area contributed by atoms with Crippen molar-refractivity contribution in [2.75, 3.05) is 5.43 Å². The van der Waals surface area contributed by atoms with Crippen molar-refractivity contribution in [2.24, 2.45) is 10.8 Å². The number of nitro groups is 1. The van der Waals surface area contributed by atoms with Crippen molar-refractivity contribution < 1.29 is 4.92 Å². The van der Waals surface area contributed by atoms with Gasteiger partial charge in [-0.3, -0.25) is 20.9 Å². The van der Waals surface area contributed by atoms with Gasteiger partial charge in [0.1, 0.15) is 6.07 Å². The van der Waals surface area contributed by atoms with Crippen LogP contribution in [0.15, 0.2) is 20.1 Å². The average Bonchev–Trinajstić information content (AvgIpc) is 2.31. The van der Waals surface area contributed by atoms with Crippen molar-refractivity contribution in [1.29, 1.82) is 10.7 Å². The molecule has 0 atom stereocenters. The number of nitro benzene ring substituents is 1. The van der Waals surface area contributed by atoms with Crippen LogP contribution in [0.3, 0.4) is 0 Å². The Morgan fingerprint density at radius 2 is 2.20 bits per heavy atom. The highest BCUT2D eigenvalue weighted by Crippen LogP contribution is 2.38. The molecule has 0 aromatic heterocycles. The van der Waals surface area contributed by atoms with Crippen molar-refractivity contribution in [3.8, 4) is 6.07 Å². The molecule has 1 aromatic rings. The zero-order valence-corrected chi connectivity index (χ0v) is 13.2. The van der Waals surface area contributed by atoms with Gasteiger partial charge in [0, 0.05) is 4.47 Å². The summed E-state index contributed by atoms with van der Waals surface area (Å²) in [6.07, 6.45) is 0. The van der Waals surface area contributed by atoms with Gasteiger partial charge < -0.3 is 5.73 Å². The first-order valence-electron chi connectivity index (χ1n) is 5.00. The first-order chi connectivity index (χ1) is 9.29. The van der Waals surface area contributed by atoms with Crippen molar-refractivity contribution in [1.82, 2.24) is 0 Å². The number of halogens is 2. The molecule has 0 spiro atoms. The van der Waals surface area contributed by atoms with Gasteiger partial charge in [-0.05, 0) is 44.8 Å². The number of nitrogens with two attached hydrogens (primary N) is 1. The molecule has 20 heavy (non-hydrogen) atoms. The maximum Gasteiger partial charge on any atom is 0.288 e. The summed E-state index contributed by atoms with van der Waals surface area (Å²) >= 11 is 6.35. The minimum atomic E-state index is -0.531. The standard InChI is InChI=1S/C10H8Br2N6O2/c1-4-8(17-16-7(3-13)10(14)15)5(11)2-6(12)9(4)18(19)20/h2,17H,1H3,(H3,14,15)/b16-7+. The van der Waals surface area contributed by atoms with E-state index in [2.05, 4.69) is 42.4 Å². The summed E-state index contributed by atoms with van der Waals surface area (Å²) in [5.74, 6) is -0.500. The Morgan fingerprint density at radius 1 is 1.60 bits per heavy atom. The fraction of sp³-hybridized carbons (Fsp3) is 0.100. The van der Waals surface area contributed by atoms with Gasteiger partial charge in [-0.15, -0.1) is 0 Å². The predicted molar refractivity (Wildman–Crippen MR) is 81.8 cm³/mol. The fourth-order valence-electron chi connectivity index (χ4n) is 1.35. The average molecular weight is 404 g/mol. The lowest BCUT2D eigenvalue weighted by Gasteiger charge is -2.10. The molecule has 0 saturated heterocycles. The highest BCUT2D eigenvalue weighted by molar-refractivity contribution is 9.11. The summed E-state index contributed by atoms with van der Waals surface area (Å²) < 4.78 is 0.825. The zero-order valence-electron chi connectivity index (χ0n) is 10.1. The number of hydrazone groups is 1. The molecule has 0 aliphatic heterocycles. The van der Waals surface area contributed by atoms with Crippen LogP contribution in [0.1, 0.15) is 5.56 Å². The third-order valence-corrected chi connectivity index (χ3v) is 3.50. The molecule has 0 saturated carbocycles. The van der Waals surface area contributed by atoms with Gasteiger partial charge in [0.25, 0.3) is 5.69 Å². The lowest BCUT2D eigenvalue weighted by atomic mass is 10.1. The molecule has 0 bridgehead atoms. The van der Waals surface area contributed by atoms with Crippen molar-refractivity contribution in [3.05, 3.63) is 30.7 Å². The number of hydrogen-bond acceptors (Lipinski definition) is 6. The van der Waals surface area contributed by atoms with E-state index < -0.39 is 10.8 Å². The van der Waals surface area contributed by atoms with E-state index >= 15 is 0 Å². The van der Waals surface area contributed by atoms with E-state index in [0.29, 0.717) is 20.2 Å². The van der Waals surface area contributed by atoms with E-state index in [-0.39, 0.29) is 11.4 Å². The van der Waals surface area contributed by atoms with Gasteiger partial charge in [-0.25, -0.2) is 0 Å². The summed E-state index contributed by atoms with van der Waals surface area (Å²) in [5, 5.41) is 30.5. The third-order valence-electron chi connectivity index (χ3n) is 2.27. The van der Waals surface area contributed by atoms with Crippen LogP contribution in [0, 0.1) is 33.8 Å². The largest absolute Gasteiger partial charge is 0.382 e. The van der Waals surface area contributed by atoms with Crippen LogP contribution in [-0.2, 0) is 0 Å². The van der Waals surface area contributed by atoms with Gasteiger partial charge in [-0.1, -0.05) is 0 Å². The first kappa shape index (κ1) is 16.1. The molecule has 0 unspecified atom stereocenters. The van der Waals surface area contributed by atoms with Crippen LogP contribution in [0.4, 0.5) is 11.4 Å². The molecule has 1 aromatic carbocycles. The van der Waals surface area contributed by atoms with Crippen LogP contribution >= 0.6 is 31.9 Å². The number of hydrogen-bond donors (Lipinski definition) is 3. The normalized spacial score (nSPS) is 10.8. The molecule has 0 amide bonds. The molecule has 104 valence electrons. The Bertz CT molecular complexity index is 665. The Hall–Kier alpha value is -1.99. The highest BCUT2D eigenvalue weighted by Gasteiger charge is 2.21. The van der Waals surface area contributed by atoms with Gasteiger partial charge in [-0.2, -0.15) is 10.4 Å². The third kappa shape index (κ3) is 3.31. The monoisotopic (exact) mass is 402 g/mol. The zero-order chi connectivity index (χ0) is 15.4. The Balaban J connectivity index is 3.34. The molecule has 1 rings (SSSR count). The predicted octanol–water partition coefficient (Wildman–Crippen LogP) is 2.66. The second-order valence-electron chi connectivity index (χ2n) is 3.54. The molecular weight excluding hydrogens is 396 g/mol. The number of amidine groups is 1. The van der Waals surface area contributed by atoms with Crippen molar-refractivity contribution >= 4 is 54.8 Å². The summed E-state index contributed by atoms with van der Waals surface area (Å²) in [6.45, 7) is 1.53. The summed E-state index contributed by atoms with van der Waals surface area (Å²) in [6, 6.07) is 3.13. The fourth-order valence-corrected chi connectivity index (χ4v) is 2.94. The van der Waals surface area contributed by atoms with Gasteiger partial charge >= 0.3 is 0 Å². The smallest absolute Gasteiger partial charge is 0.288 e. The van der Waals surface area contributed by atoms with Gasteiger partial charge in [0.15, 0.2) is 5.84 Å². The second kappa shape index (κ2) is 6.44. The van der Waals surface area contributed by atoms with E-state index in [1.54, 1.807) is 6.07 Å². The molecule has 4 N–H and O–H groups in total. The van der Waals surface area contributed by atoms with E-state index in [1.807, 2.05) is 0 Å². The van der Waals surface area contributed by atoms with E-state index in [9.17, 15) is 10.1 Å². The van der Waals surface area contributed by atoms with Crippen LogP contribution in [-0.4, -0.2) is 16.5 Å². The van der Waals surface area contributed by atoms with E-state index in [1.165, 1.54) is 13.0 Å². The summed E-state index contributed by atoms with van der Waals surface area (Å²) in [5.41, 5.74) is 7.86. The first-order valence-corrected chi connectivity index (χ1v) is 6.59. The van der Waals surface area contributed by atoms with Crippen LogP contribution < -0.4 is 11.2 Å². The maximum atomic E-state index is 11.0. The molecule has 0 aliphatic carbocycles. The Kier molecular flexibility index (Phi) is 5.18. The number of nitrogens with zero attached hydrogens (tertiary/aromatic N) is 3. The molecular formula is C10H8Br2N6O2. The molecule has 10 heteroatoms. The molecule has 8 nitrogen and oxygen atoms in total. The minimum Gasteiger partial charge on any atom is -0.382 e. The molecule has 0 fully saturated rings. The van der Waals surface area contributed by atoms with E-state index in [0.717, 1.165) is 0 Å². The summed E-state index contributed by atoms with van der Waals surface area (Å²) in [4.78, 5) is 10.5. The molecule has 0 aliphatic rings. The lowest BCUT2D eigenvalue weighted by Crippen LogP contribution is -2.22. The van der Waals surface area contributed by atoms with Crippen molar-refractivity contribution in [2.45, 2.75) is 6.92 Å². The van der Waals surface area contributed by atoms with Crippen LogP contribution in [0.2, 0.25) is 0 Å². The van der Waals surface area contributed by atoms with Crippen LogP contribution in [0.25, 0.3) is 0 Å². The highest BCUT2D eigenvalue weighted by atomic mass is 79.9. The minimum absolute atomic E-state index is 0.118. The maximum absolute atomic E-state index is 11.0. The van der Waals surface area contributed by atoms with Gasteiger partial charge in [0.05, 0.1) is 20.6 Å². The number of nitrogens with one attached hydrogen (secondary N) is 2. The van der Waals surface area contributed by atoms with Crippen LogP contribution in [0.5, 0.6) is 0 Å². The topological polar surface area (TPSA) is 141 Å². The van der Waals surface area contributed by atoms with Crippen molar-refractivity contribution in [3.63, 3.8) is 0 Å². The molecule has 0 heterocycles. The second-order valence-corrected chi connectivity index (χ2v) is 5.25. The Labute approximate surface area is 130 Å². The molecule has 0 radical (unpaired) electrons. The summed E-state index contributed by atoms with van der Waals surface area (Å²) in [7, 11) is 0. The lowest BCUT2D eigenvalue weighted by molar-refractivity contribution is -0.386. The van der Waals surface area contributed by atoms with Gasteiger partial charge in [0.2, 0.25) is 5.71 Å².